The molecule has 3 rings (SSSR count). The van der Waals surface area contributed by atoms with E-state index in [2.05, 4.69) is 11.4 Å². The highest BCUT2D eigenvalue weighted by Gasteiger charge is 2.19. The Morgan fingerprint density at radius 1 is 1.15 bits per heavy atom. The van der Waals surface area contributed by atoms with Crippen LogP contribution in [0.3, 0.4) is 0 Å². The van der Waals surface area contributed by atoms with E-state index in [1.807, 2.05) is 43.3 Å². The Kier molecular flexibility index (Phi) is 8.13. The monoisotopic (exact) mass is 465 g/mol. The number of carbonyl (C=O) groups is 1. The number of oxazole rings is 1. The summed E-state index contributed by atoms with van der Waals surface area (Å²) in [5.74, 6) is -0.400. The van der Waals surface area contributed by atoms with E-state index in [1.54, 1.807) is 31.4 Å². The van der Waals surface area contributed by atoms with E-state index in [1.165, 1.54) is 0 Å². The zero-order valence-electron chi connectivity index (χ0n) is 20.1. The number of nitrogens with one attached hydrogen (secondary N) is 1. The number of rotatable bonds is 9. The Hall–Kier alpha value is -3.57. The fourth-order valence-electron chi connectivity index (χ4n) is 3.50. The van der Waals surface area contributed by atoms with Crippen molar-refractivity contribution in [3.63, 3.8) is 0 Å². The third kappa shape index (κ3) is 6.72. The van der Waals surface area contributed by atoms with E-state index in [-0.39, 0.29) is 0 Å². The number of alkyl carbamates (subject to hydrolysis) is 1. The topological polar surface area (TPSA) is 106 Å². The fraction of sp³-hybridized carbons (Fsp3) is 0.423. The average Bonchev–Trinajstić information content (AvgIpc) is 3.09. The van der Waals surface area contributed by atoms with E-state index < -0.39 is 23.5 Å². The molecular weight excluding hydrogens is 434 g/mol. The highest BCUT2D eigenvalue weighted by Crippen LogP contribution is 2.25. The average molecular weight is 466 g/mol. The number of aromatic nitrogens is 1. The van der Waals surface area contributed by atoms with Crippen LogP contribution in [0, 0.1) is 11.3 Å². The number of nitrogens with zero attached hydrogens (tertiary/aromatic N) is 2. The molecule has 34 heavy (non-hydrogen) atoms. The molecule has 1 unspecified atom stereocenters. The Balaban J connectivity index is 1.72. The van der Waals surface area contributed by atoms with Crippen LogP contribution in [-0.2, 0) is 22.4 Å². The molecule has 0 spiro atoms. The molecule has 1 aromatic heterocycles. The molecule has 8 nitrogen and oxygen atoms in total. The van der Waals surface area contributed by atoms with Gasteiger partial charge < -0.3 is 19.2 Å². The first-order valence-corrected chi connectivity index (χ1v) is 11.4. The van der Waals surface area contributed by atoms with Gasteiger partial charge in [-0.15, -0.1) is 0 Å². The summed E-state index contributed by atoms with van der Waals surface area (Å²) in [7, 11) is 0. The first kappa shape index (κ1) is 25.1. The highest BCUT2D eigenvalue weighted by molar-refractivity contribution is 5.80. The lowest BCUT2D eigenvalue weighted by Crippen LogP contribution is -2.39. The van der Waals surface area contributed by atoms with E-state index in [9.17, 15) is 14.9 Å². The zero-order chi connectivity index (χ0) is 24.7. The van der Waals surface area contributed by atoms with Gasteiger partial charge in [0.05, 0.1) is 24.7 Å². The van der Waals surface area contributed by atoms with E-state index in [0.717, 1.165) is 28.6 Å². The minimum Gasteiger partial charge on any atom is -0.444 e. The zero-order valence-corrected chi connectivity index (χ0v) is 20.1. The van der Waals surface area contributed by atoms with Crippen molar-refractivity contribution in [3.05, 3.63) is 58.6 Å². The van der Waals surface area contributed by atoms with Crippen molar-refractivity contribution in [3.8, 4) is 17.2 Å². The molecule has 0 aliphatic rings. The van der Waals surface area contributed by atoms with Crippen LogP contribution in [0.25, 0.3) is 22.2 Å². The smallest absolute Gasteiger partial charge is 0.420 e. The van der Waals surface area contributed by atoms with Gasteiger partial charge in [-0.25, -0.2) is 9.59 Å². The number of carbonyl (C=O) groups excluding carboxylic acids is 1. The summed E-state index contributed by atoms with van der Waals surface area (Å²) >= 11 is 0. The van der Waals surface area contributed by atoms with Gasteiger partial charge in [-0.2, -0.15) is 5.26 Å². The standard InChI is InChI=1S/C26H31N3O5/c1-5-13-32-14-12-29-22-16-20(10-11-23(22)33-25(29)31)19-8-6-18(7-9-19)15-21(17-27)28-24(30)34-26(2,3)4/h6-11,16,21H,5,12-15H2,1-4H3,(H,28,30). The Labute approximate surface area is 199 Å². The number of amides is 1. The summed E-state index contributed by atoms with van der Waals surface area (Å²) in [5, 5.41) is 12.0. The molecule has 0 fully saturated rings. The molecule has 3 aromatic rings. The maximum Gasteiger partial charge on any atom is 0.420 e. The molecule has 0 aliphatic carbocycles. The minimum atomic E-state index is -0.702. The van der Waals surface area contributed by atoms with Crippen LogP contribution in [0.2, 0.25) is 0 Å². The van der Waals surface area contributed by atoms with Crippen molar-refractivity contribution in [2.24, 2.45) is 0 Å². The predicted octanol–water partition coefficient (Wildman–Crippen LogP) is 4.65. The molecule has 8 heteroatoms. The predicted molar refractivity (Wildman–Crippen MR) is 129 cm³/mol. The summed E-state index contributed by atoms with van der Waals surface area (Å²) < 4.78 is 17.7. The minimum absolute atomic E-state index is 0.355. The van der Waals surface area contributed by atoms with Gasteiger partial charge in [-0.05, 0) is 56.0 Å². The van der Waals surface area contributed by atoms with Gasteiger partial charge in [0.1, 0.15) is 11.6 Å². The lowest BCUT2D eigenvalue weighted by Gasteiger charge is -2.21. The van der Waals surface area contributed by atoms with Crippen molar-refractivity contribution < 1.29 is 18.7 Å². The number of hydrogen-bond acceptors (Lipinski definition) is 6. The second kappa shape index (κ2) is 11.0. The van der Waals surface area contributed by atoms with Crippen LogP contribution in [0.15, 0.2) is 51.7 Å². The third-order valence-corrected chi connectivity index (χ3v) is 5.05. The maximum atomic E-state index is 12.3. The van der Waals surface area contributed by atoms with Gasteiger partial charge in [0.25, 0.3) is 0 Å². The number of ether oxygens (including phenoxy) is 2. The lowest BCUT2D eigenvalue weighted by molar-refractivity contribution is 0.0516. The molecule has 180 valence electrons. The van der Waals surface area contributed by atoms with E-state index >= 15 is 0 Å². The molecular formula is C26H31N3O5. The molecule has 1 heterocycles. The summed E-state index contributed by atoms with van der Waals surface area (Å²) in [6.45, 7) is 8.87. The largest absolute Gasteiger partial charge is 0.444 e. The van der Waals surface area contributed by atoms with Crippen LogP contribution in [0.4, 0.5) is 4.79 Å². The Morgan fingerprint density at radius 2 is 1.85 bits per heavy atom. The molecule has 0 saturated carbocycles. The normalized spacial score (nSPS) is 12.3. The molecule has 2 aromatic carbocycles. The lowest BCUT2D eigenvalue weighted by atomic mass is 10.0. The van der Waals surface area contributed by atoms with Crippen molar-refractivity contribution in [1.82, 2.24) is 9.88 Å². The fourth-order valence-corrected chi connectivity index (χ4v) is 3.50. The summed E-state index contributed by atoms with van der Waals surface area (Å²) in [5.41, 5.74) is 3.42. The van der Waals surface area contributed by atoms with Crippen LogP contribution >= 0.6 is 0 Å². The Morgan fingerprint density at radius 3 is 2.50 bits per heavy atom. The van der Waals surface area contributed by atoms with Gasteiger partial charge in [0.2, 0.25) is 0 Å². The van der Waals surface area contributed by atoms with E-state index in [4.69, 9.17) is 13.9 Å². The maximum absolute atomic E-state index is 12.3. The number of fused-ring (bicyclic) bond motifs is 1. The molecule has 1 atom stereocenters. The molecule has 0 bridgehead atoms. The number of nitriles is 1. The van der Waals surface area contributed by atoms with Crippen molar-refractivity contribution in [1.29, 1.82) is 5.26 Å². The van der Waals surface area contributed by atoms with E-state index in [0.29, 0.717) is 31.8 Å². The second-order valence-electron chi connectivity index (χ2n) is 9.04. The summed E-state index contributed by atoms with van der Waals surface area (Å²) in [6.07, 6.45) is 0.664. The first-order valence-electron chi connectivity index (χ1n) is 11.4. The van der Waals surface area contributed by atoms with Crippen LogP contribution in [-0.4, -0.2) is 35.5 Å². The molecule has 1 amide bonds. The van der Waals surface area contributed by atoms with Crippen LogP contribution in [0.1, 0.15) is 39.7 Å². The van der Waals surface area contributed by atoms with Gasteiger partial charge in [-0.3, -0.25) is 4.57 Å². The molecule has 1 N–H and O–H groups in total. The third-order valence-electron chi connectivity index (χ3n) is 5.05. The van der Waals surface area contributed by atoms with Crippen molar-refractivity contribution >= 4 is 17.2 Å². The molecule has 0 aliphatic heterocycles. The van der Waals surface area contributed by atoms with Crippen LogP contribution < -0.4 is 11.1 Å². The molecule has 0 saturated heterocycles. The SMILES string of the molecule is CCCOCCn1c(=O)oc2ccc(-c3ccc(CC(C#N)NC(=O)OC(C)(C)C)cc3)cc21. The number of hydrogen-bond donors (Lipinski definition) is 1. The summed E-state index contributed by atoms with van der Waals surface area (Å²) in [6, 6.07) is 14.8. The number of benzene rings is 2. The van der Waals surface area contributed by atoms with Crippen LogP contribution in [0.5, 0.6) is 0 Å². The second-order valence-corrected chi connectivity index (χ2v) is 9.04. The Bertz CT molecular complexity index is 1210. The summed E-state index contributed by atoms with van der Waals surface area (Å²) in [4.78, 5) is 24.2. The highest BCUT2D eigenvalue weighted by atomic mass is 16.6. The first-order chi connectivity index (χ1) is 16.2. The van der Waals surface area contributed by atoms with Gasteiger partial charge in [0, 0.05) is 13.0 Å². The quantitative estimate of drug-likeness (QED) is 0.461. The molecule has 0 radical (unpaired) electrons. The van der Waals surface area contributed by atoms with Crippen molar-refractivity contribution in [2.75, 3.05) is 13.2 Å². The van der Waals surface area contributed by atoms with Gasteiger partial charge >= 0.3 is 11.8 Å². The van der Waals surface area contributed by atoms with Gasteiger partial charge in [-0.1, -0.05) is 37.3 Å². The van der Waals surface area contributed by atoms with Crippen molar-refractivity contribution in [2.45, 2.75) is 58.7 Å². The van der Waals surface area contributed by atoms with Gasteiger partial charge in [0.15, 0.2) is 5.58 Å².